The van der Waals surface area contributed by atoms with Gasteiger partial charge < -0.3 is 4.90 Å². The van der Waals surface area contributed by atoms with Crippen LogP contribution in [0.3, 0.4) is 0 Å². The second-order valence-corrected chi connectivity index (χ2v) is 2.93. The molecule has 0 aliphatic heterocycles. The van der Waals surface area contributed by atoms with Gasteiger partial charge in [0.2, 0.25) is 0 Å². The lowest BCUT2D eigenvalue weighted by Crippen LogP contribution is -2.09. The van der Waals surface area contributed by atoms with E-state index >= 15 is 0 Å². The van der Waals surface area contributed by atoms with Gasteiger partial charge in [-0.05, 0) is 12.5 Å². The van der Waals surface area contributed by atoms with Crippen LogP contribution in [-0.4, -0.2) is 19.0 Å². The van der Waals surface area contributed by atoms with Crippen LogP contribution in [0.4, 0.5) is 0 Å². The zero-order valence-electron chi connectivity index (χ0n) is 7.91. The molecule has 1 aromatic rings. The molecule has 1 rings (SSSR count). The molecule has 0 radical (unpaired) electrons. The van der Waals surface area contributed by atoms with Crippen molar-refractivity contribution < 1.29 is 0 Å². The van der Waals surface area contributed by atoms with E-state index in [1.165, 1.54) is 11.3 Å². The van der Waals surface area contributed by atoms with Crippen molar-refractivity contribution in [2.45, 2.75) is 6.92 Å². The summed E-state index contributed by atoms with van der Waals surface area (Å²) in [6.07, 6.45) is 2.12. The molecular formula is C11H15N. The quantitative estimate of drug-likeness (QED) is 0.644. The second kappa shape index (κ2) is 3.96. The molecule has 0 bridgehead atoms. The van der Waals surface area contributed by atoms with Crippen LogP contribution < -0.4 is 0 Å². The Kier molecular flexibility index (Phi) is 2.92. The van der Waals surface area contributed by atoms with Crippen LogP contribution >= 0.6 is 0 Å². The lowest BCUT2D eigenvalue weighted by atomic mass is 10.1. The molecule has 0 saturated carbocycles. The Morgan fingerprint density at radius 2 is 1.75 bits per heavy atom. The molecule has 0 spiro atoms. The number of nitrogens with zero attached hydrogens (tertiary/aromatic N) is 1. The van der Waals surface area contributed by atoms with E-state index in [1.807, 2.05) is 6.07 Å². The highest BCUT2D eigenvalue weighted by Crippen LogP contribution is 2.14. The zero-order chi connectivity index (χ0) is 8.97. The average molecular weight is 161 g/mol. The first-order chi connectivity index (χ1) is 5.75. The van der Waals surface area contributed by atoms with Gasteiger partial charge in [-0.2, -0.15) is 0 Å². The average Bonchev–Trinajstić information content (AvgIpc) is 2.07. The summed E-state index contributed by atoms with van der Waals surface area (Å²) in [5, 5.41) is 0. The highest BCUT2D eigenvalue weighted by atomic mass is 15.1. The van der Waals surface area contributed by atoms with E-state index in [0.29, 0.717) is 0 Å². The van der Waals surface area contributed by atoms with Crippen molar-refractivity contribution in [3.63, 3.8) is 0 Å². The standard InChI is InChI=1S/C11H15N/c1-4-11(12(2)3)10-8-6-5-7-9-10/h4-9H,1-3H3/b11-4+. The van der Waals surface area contributed by atoms with Crippen molar-refractivity contribution in [3.05, 3.63) is 42.0 Å². The van der Waals surface area contributed by atoms with Gasteiger partial charge in [0.25, 0.3) is 0 Å². The Balaban J connectivity index is 2.97. The van der Waals surface area contributed by atoms with Crippen LogP contribution in [0.5, 0.6) is 0 Å². The molecule has 0 N–H and O–H groups in total. The normalized spacial score (nSPS) is 11.4. The van der Waals surface area contributed by atoms with Gasteiger partial charge in [0.15, 0.2) is 0 Å². The molecule has 0 unspecified atom stereocenters. The summed E-state index contributed by atoms with van der Waals surface area (Å²) < 4.78 is 0. The highest BCUT2D eigenvalue weighted by Gasteiger charge is 1.99. The zero-order valence-corrected chi connectivity index (χ0v) is 7.91. The SMILES string of the molecule is C/C=C(\c1ccccc1)N(C)C. The van der Waals surface area contributed by atoms with Crippen molar-refractivity contribution in [1.29, 1.82) is 0 Å². The van der Waals surface area contributed by atoms with Crippen molar-refractivity contribution in [3.8, 4) is 0 Å². The summed E-state index contributed by atoms with van der Waals surface area (Å²) in [4.78, 5) is 2.12. The molecule has 0 saturated heterocycles. The lowest BCUT2D eigenvalue weighted by Gasteiger charge is -2.16. The predicted octanol–water partition coefficient (Wildman–Crippen LogP) is 2.61. The van der Waals surface area contributed by atoms with Gasteiger partial charge in [-0.15, -0.1) is 0 Å². The number of hydrogen-bond donors (Lipinski definition) is 0. The Morgan fingerprint density at radius 1 is 1.17 bits per heavy atom. The molecule has 1 heteroatoms. The molecule has 64 valence electrons. The van der Waals surface area contributed by atoms with Gasteiger partial charge in [0, 0.05) is 19.8 Å². The molecule has 0 aliphatic carbocycles. The van der Waals surface area contributed by atoms with Crippen LogP contribution in [0.1, 0.15) is 12.5 Å². The van der Waals surface area contributed by atoms with Gasteiger partial charge in [0.1, 0.15) is 0 Å². The molecule has 0 fully saturated rings. The summed E-state index contributed by atoms with van der Waals surface area (Å²) in [6, 6.07) is 10.4. The Morgan fingerprint density at radius 3 is 2.17 bits per heavy atom. The molecule has 12 heavy (non-hydrogen) atoms. The van der Waals surface area contributed by atoms with Crippen molar-refractivity contribution in [1.82, 2.24) is 4.90 Å². The third-order valence-electron chi connectivity index (χ3n) is 1.82. The van der Waals surface area contributed by atoms with Gasteiger partial charge >= 0.3 is 0 Å². The fourth-order valence-corrected chi connectivity index (χ4v) is 1.29. The molecule has 0 aromatic heterocycles. The Hall–Kier alpha value is -1.24. The van der Waals surface area contributed by atoms with E-state index in [0.717, 1.165) is 0 Å². The van der Waals surface area contributed by atoms with Crippen molar-refractivity contribution >= 4 is 5.70 Å². The largest absolute Gasteiger partial charge is 0.377 e. The third kappa shape index (κ3) is 1.88. The minimum Gasteiger partial charge on any atom is -0.377 e. The molecule has 0 amide bonds. The molecule has 1 aromatic carbocycles. The van der Waals surface area contributed by atoms with E-state index in [2.05, 4.69) is 56.3 Å². The summed E-state index contributed by atoms with van der Waals surface area (Å²) in [5.74, 6) is 0. The van der Waals surface area contributed by atoms with E-state index < -0.39 is 0 Å². The lowest BCUT2D eigenvalue weighted by molar-refractivity contribution is 0.591. The van der Waals surface area contributed by atoms with Crippen molar-refractivity contribution in [2.24, 2.45) is 0 Å². The highest BCUT2D eigenvalue weighted by molar-refractivity contribution is 5.63. The van der Waals surface area contributed by atoms with Crippen LogP contribution in [0.15, 0.2) is 36.4 Å². The maximum Gasteiger partial charge on any atom is 0.0391 e. The summed E-state index contributed by atoms with van der Waals surface area (Å²) >= 11 is 0. The van der Waals surface area contributed by atoms with Crippen LogP contribution in [0, 0.1) is 0 Å². The first-order valence-electron chi connectivity index (χ1n) is 4.14. The van der Waals surface area contributed by atoms with Gasteiger partial charge in [-0.25, -0.2) is 0 Å². The minimum atomic E-state index is 1.26. The maximum atomic E-state index is 2.12. The molecule has 0 aliphatic rings. The van der Waals surface area contributed by atoms with E-state index in [9.17, 15) is 0 Å². The fourth-order valence-electron chi connectivity index (χ4n) is 1.29. The summed E-state index contributed by atoms with van der Waals surface area (Å²) in [5.41, 5.74) is 2.53. The Bertz CT molecular complexity index is 260. The minimum absolute atomic E-state index is 1.26. The number of rotatable bonds is 2. The summed E-state index contributed by atoms with van der Waals surface area (Å²) in [7, 11) is 4.12. The van der Waals surface area contributed by atoms with Gasteiger partial charge in [-0.1, -0.05) is 36.4 Å². The third-order valence-corrected chi connectivity index (χ3v) is 1.82. The first kappa shape index (κ1) is 8.85. The van der Waals surface area contributed by atoms with Crippen molar-refractivity contribution in [2.75, 3.05) is 14.1 Å². The van der Waals surface area contributed by atoms with Crippen LogP contribution in [0.2, 0.25) is 0 Å². The summed E-state index contributed by atoms with van der Waals surface area (Å²) in [6.45, 7) is 2.06. The maximum absolute atomic E-state index is 2.12. The van der Waals surface area contributed by atoms with Gasteiger partial charge in [-0.3, -0.25) is 0 Å². The van der Waals surface area contributed by atoms with Gasteiger partial charge in [0.05, 0.1) is 0 Å². The van der Waals surface area contributed by atoms with Crippen LogP contribution in [0.25, 0.3) is 5.70 Å². The van der Waals surface area contributed by atoms with E-state index in [4.69, 9.17) is 0 Å². The molecular weight excluding hydrogens is 146 g/mol. The molecule has 0 heterocycles. The Labute approximate surface area is 74.3 Å². The number of benzene rings is 1. The fraction of sp³-hybridized carbons (Fsp3) is 0.273. The number of allylic oxidation sites excluding steroid dienone is 1. The number of hydrogen-bond acceptors (Lipinski definition) is 1. The smallest absolute Gasteiger partial charge is 0.0391 e. The van der Waals surface area contributed by atoms with Crippen LogP contribution in [-0.2, 0) is 0 Å². The molecule has 0 atom stereocenters. The first-order valence-corrected chi connectivity index (χ1v) is 4.14. The topological polar surface area (TPSA) is 3.24 Å². The van der Waals surface area contributed by atoms with E-state index in [-0.39, 0.29) is 0 Å². The van der Waals surface area contributed by atoms with E-state index in [1.54, 1.807) is 0 Å². The second-order valence-electron chi connectivity index (χ2n) is 2.93. The molecule has 1 nitrogen and oxygen atoms in total. The predicted molar refractivity (Wildman–Crippen MR) is 53.8 cm³/mol. The monoisotopic (exact) mass is 161 g/mol.